The van der Waals surface area contributed by atoms with E-state index in [4.69, 9.17) is 0 Å². The molecule has 3 rings (SSSR count). The van der Waals surface area contributed by atoms with Gasteiger partial charge in [-0.25, -0.2) is 0 Å². The zero-order valence-corrected chi connectivity index (χ0v) is 12.3. The maximum absolute atomic E-state index is 12.0. The van der Waals surface area contributed by atoms with E-state index in [1.54, 1.807) is 18.2 Å². The maximum atomic E-state index is 12.0. The molecular formula is C16H19N3O3. The van der Waals surface area contributed by atoms with Crippen LogP contribution in [0.25, 0.3) is 6.08 Å². The molecule has 2 fully saturated rings. The van der Waals surface area contributed by atoms with Crippen LogP contribution in [0.4, 0.5) is 5.69 Å². The molecule has 1 N–H and O–H groups in total. The lowest BCUT2D eigenvalue weighted by Crippen LogP contribution is -2.36. The van der Waals surface area contributed by atoms with E-state index in [9.17, 15) is 14.9 Å². The zero-order chi connectivity index (χ0) is 15.5. The van der Waals surface area contributed by atoms with E-state index < -0.39 is 4.92 Å². The molecule has 1 aromatic carbocycles. The number of likely N-dealkylation sites (tertiary alicyclic amines) is 1. The second kappa shape index (κ2) is 6.27. The minimum atomic E-state index is -0.442. The highest BCUT2D eigenvalue weighted by Gasteiger charge is 2.34. The van der Waals surface area contributed by atoms with Crippen LogP contribution in [-0.2, 0) is 4.79 Å². The van der Waals surface area contributed by atoms with Gasteiger partial charge in [-0.05, 0) is 31.4 Å². The molecular weight excluding hydrogens is 282 g/mol. The summed E-state index contributed by atoms with van der Waals surface area (Å²) < 4.78 is 0. The predicted molar refractivity (Wildman–Crippen MR) is 83.3 cm³/mol. The van der Waals surface area contributed by atoms with Crippen LogP contribution in [0, 0.1) is 10.1 Å². The van der Waals surface area contributed by atoms with Crippen LogP contribution in [0.15, 0.2) is 30.3 Å². The minimum Gasteiger partial charge on any atom is -0.348 e. The predicted octanol–water partition coefficient (Wildman–Crippen LogP) is 1.96. The summed E-state index contributed by atoms with van der Waals surface area (Å²) in [5.41, 5.74) is 0.445. The van der Waals surface area contributed by atoms with Gasteiger partial charge >= 0.3 is 0 Å². The Labute approximate surface area is 129 Å². The highest BCUT2D eigenvalue weighted by Crippen LogP contribution is 2.29. The average Bonchev–Trinajstić information content (AvgIpc) is 3.26. The SMILES string of the molecule is O=C(/C=C/c1ccccc1[N+](=O)[O-])NC1CCN(C2CC2)C1. The van der Waals surface area contributed by atoms with Gasteiger partial charge in [0.15, 0.2) is 0 Å². The Hall–Kier alpha value is -2.21. The van der Waals surface area contributed by atoms with Crippen molar-refractivity contribution in [3.8, 4) is 0 Å². The van der Waals surface area contributed by atoms with Crippen molar-refractivity contribution in [2.24, 2.45) is 0 Å². The fourth-order valence-electron chi connectivity index (χ4n) is 2.89. The molecule has 1 amide bonds. The lowest BCUT2D eigenvalue weighted by atomic mass is 10.1. The number of carbonyl (C=O) groups excluding carboxylic acids is 1. The number of hydrogen-bond acceptors (Lipinski definition) is 4. The number of nitro groups is 1. The molecule has 1 atom stereocenters. The molecule has 6 nitrogen and oxygen atoms in total. The first-order chi connectivity index (χ1) is 10.6. The summed E-state index contributed by atoms with van der Waals surface area (Å²) in [5.74, 6) is -0.194. The van der Waals surface area contributed by atoms with Gasteiger partial charge in [-0.3, -0.25) is 19.8 Å². The Morgan fingerprint density at radius 2 is 2.09 bits per heavy atom. The van der Waals surface area contributed by atoms with Crippen LogP contribution in [0.5, 0.6) is 0 Å². The number of rotatable bonds is 5. The Balaban J connectivity index is 1.56. The number of nitro benzene ring substituents is 1. The Kier molecular flexibility index (Phi) is 4.20. The van der Waals surface area contributed by atoms with Gasteiger partial charge in [-0.1, -0.05) is 12.1 Å². The Morgan fingerprint density at radius 3 is 2.82 bits per heavy atom. The van der Waals surface area contributed by atoms with Gasteiger partial charge in [0.2, 0.25) is 5.91 Å². The van der Waals surface area contributed by atoms with E-state index in [0.29, 0.717) is 5.56 Å². The summed E-state index contributed by atoms with van der Waals surface area (Å²) >= 11 is 0. The third-order valence-corrected chi connectivity index (χ3v) is 4.18. The second-order valence-corrected chi connectivity index (χ2v) is 5.87. The van der Waals surface area contributed by atoms with Crippen molar-refractivity contribution in [1.82, 2.24) is 10.2 Å². The van der Waals surface area contributed by atoms with Gasteiger partial charge in [-0.2, -0.15) is 0 Å². The van der Waals surface area contributed by atoms with Gasteiger partial charge in [-0.15, -0.1) is 0 Å². The van der Waals surface area contributed by atoms with E-state index >= 15 is 0 Å². The van der Waals surface area contributed by atoms with E-state index in [1.165, 1.54) is 31.1 Å². The summed E-state index contributed by atoms with van der Waals surface area (Å²) in [6.45, 7) is 1.96. The van der Waals surface area contributed by atoms with Crippen molar-refractivity contribution in [3.63, 3.8) is 0 Å². The van der Waals surface area contributed by atoms with Crippen molar-refractivity contribution in [1.29, 1.82) is 0 Å². The molecule has 0 radical (unpaired) electrons. The van der Waals surface area contributed by atoms with Crippen molar-refractivity contribution < 1.29 is 9.72 Å². The molecule has 22 heavy (non-hydrogen) atoms. The second-order valence-electron chi connectivity index (χ2n) is 5.87. The fourth-order valence-corrected chi connectivity index (χ4v) is 2.89. The quantitative estimate of drug-likeness (QED) is 0.512. The molecule has 0 spiro atoms. The van der Waals surface area contributed by atoms with Crippen LogP contribution in [0.2, 0.25) is 0 Å². The minimum absolute atomic E-state index is 0.00678. The molecule has 1 saturated carbocycles. The first kappa shape index (κ1) is 14.7. The molecule has 1 aliphatic carbocycles. The Bertz CT molecular complexity index is 610. The molecule has 6 heteroatoms. The molecule has 2 aliphatic rings. The van der Waals surface area contributed by atoms with Gasteiger partial charge in [0.1, 0.15) is 0 Å². The molecule has 1 saturated heterocycles. The summed E-state index contributed by atoms with van der Waals surface area (Å²) in [7, 11) is 0. The van der Waals surface area contributed by atoms with Crippen LogP contribution in [-0.4, -0.2) is 40.9 Å². The largest absolute Gasteiger partial charge is 0.348 e. The number of hydrogen-bond donors (Lipinski definition) is 1. The smallest absolute Gasteiger partial charge is 0.276 e. The lowest BCUT2D eigenvalue weighted by Gasteiger charge is -2.14. The molecule has 1 aliphatic heterocycles. The number of para-hydroxylation sites is 1. The fraction of sp³-hybridized carbons (Fsp3) is 0.438. The number of amides is 1. The lowest BCUT2D eigenvalue weighted by molar-refractivity contribution is -0.385. The summed E-state index contributed by atoms with van der Waals surface area (Å²) in [4.78, 5) is 24.9. The van der Waals surface area contributed by atoms with E-state index in [2.05, 4.69) is 10.2 Å². The van der Waals surface area contributed by atoms with E-state index in [0.717, 1.165) is 25.6 Å². The van der Waals surface area contributed by atoms with Crippen LogP contribution >= 0.6 is 0 Å². The number of benzene rings is 1. The highest BCUT2D eigenvalue weighted by molar-refractivity contribution is 5.92. The monoisotopic (exact) mass is 301 g/mol. The summed E-state index contributed by atoms with van der Waals surface area (Å²) in [5, 5.41) is 13.9. The van der Waals surface area contributed by atoms with Crippen LogP contribution < -0.4 is 5.32 Å². The molecule has 0 aromatic heterocycles. The maximum Gasteiger partial charge on any atom is 0.276 e. The normalized spacial score (nSPS) is 22.1. The highest BCUT2D eigenvalue weighted by atomic mass is 16.6. The van der Waals surface area contributed by atoms with Crippen LogP contribution in [0.1, 0.15) is 24.8 Å². The topological polar surface area (TPSA) is 75.5 Å². The molecule has 1 heterocycles. The van der Waals surface area contributed by atoms with E-state index in [-0.39, 0.29) is 17.6 Å². The van der Waals surface area contributed by atoms with Crippen LogP contribution in [0.3, 0.4) is 0 Å². The van der Waals surface area contributed by atoms with Gasteiger partial charge < -0.3 is 5.32 Å². The summed E-state index contributed by atoms with van der Waals surface area (Å²) in [6.07, 6.45) is 6.40. The third kappa shape index (κ3) is 3.51. The van der Waals surface area contributed by atoms with Crippen molar-refractivity contribution >= 4 is 17.7 Å². The van der Waals surface area contributed by atoms with Crippen molar-refractivity contribution in [2.45, 2.75) is 31.3 Å². The standard InChI is InChI=1S/C16H19N3O3/c20-16(17-13-9-10-18(11-13)14-6-7-14)8-5-12-3-1-2-4-15(12)19(21)22/h1-5,8,13-14H,6-7,9-11H2,(H,17,20)/b8-5+. The third-order valence-electron chi connectivity index (χ3n) is 4.18. The molecule has 0 bridgehead atoms. The molecule has 1 unspecified atom stereocenters. The van der Waals surface area contributed by atoms with Gasteiger partial charge in [0, 0.05) is 37.3 Å². The van der Waals surface area contributed by atoms with Crippen molar-refractivity contribution in [2.75, 3.05) is 13.1 Å². The number of carbonyl (C=O) groups is 1. The molecule has 1 aromatic rings. The first-order valence-electron chi connectivity index (χ1n) is 7.59. The Morgan fingerprint density at radius 1 is 1.32 bits per heavy atom. The van der Waals surface area contributed by atoms with E-state index in [1.807, 2.05) is 0 Å². The number of nitrogens with one attached hydrogen (secondary N) is 1. The zero-order valence-electron chi connectivity index (χ0n) is 12.3. The molecule has 116 valence electrons. The summed E-state index contributed by atoms with van der Waals surface area (Å²) in [6, 6.07) is 7.30. The number of nitrogens with zero attached hydrogens (tertiary/aromatic N) is 2. The van der Waals surface area contributed by atoms with Gasteiger partial charge in [0.25, 0.3) is 5.69 Å². The average molecular weight is 301 g/mol. The first-order valence-corrected chi connectivity index (χ1v) is 7.59. The van der Waals surface area contributed by atoms with Gasteiger partial charge in [0.05, 0.1) is 10.5 Å². The van der Waals surface area contributed by atoms with Crippen molar-refractivity contribution in [3.05, 3.63) is 46.0 Å².